The summed E-state index contributed by atoms with van der Waals surface area (Å²) in [5.41, 5.74) is -2.89. The van der Waals surface area contributed by atoms with Crippen LogP contribution in [0.1, 0.15) is 32.6 Å². The Kier molecular flexibility index (Phi) is 3.47. The third kappa shape index (κ3) is 1.73. The highest BCUT2D eigenvalue weighted by Crippen LogP contribution is 2.43. The van der Waals surface area contributed by atoms with Gasteiger partial charge in [-0.05, 0) is 12.8 Å². The van der Waals surface area contributed by atoms with Crippen molar-refractivity contribution < 1.29 is 0 Å². The number of unbranched alkanes of at least 4 members (excludes halogenated alkanes) is 1. The van der Waals surface area contributed by atoms with Crippen LogP contribution in [0.15, 0.2) is 4.99 Å². The monoisotopic (exact) mass is 225 g/mol. The maximum absolute atomic E-state index is 9.11. The van der Waals surface area contributed by atoms with Gasteiger partial charge in [0.15, 0.2) is 0 Å². The van der Waals surface area contributed by atoms with Crippen molar-refractivity contribution in [2.75, 3.05) is 0 Å². The number of nitriles is 4. The summed E-state index contributed by atoms with van der Waals surface area (Å²) in [5.74, 6) is 0. The topological polar surface area (TPSA) is 108 Å². The van der Waals surface area contributed by atoms with Gasteiger partial charge in [-0.2, -0.15) is 21.0 Å². The van der Waals surface area contributed by atoms with Gasteiger partial charge >= 0.3 is 0 Å². The SMILES string of the molecule is CCCCC1=NC(C#N)(C#N)C(C#N)(C#N)C1. The summed E-state index contributed by atoms with van der Waals surface area (Å²) in [6, 6.07) is 7.08. The second-order valence-electron chi connectivity index (χ2n) is 4.02. The van der Waals surface area contributed by atoms with Crippen LogP contribution in [-0.2, 0) is 0 Å². The van der Waals surface area contributed by atoms with Crippen molar-refractivity contribution in [1.82, 2.24) is 0 Å². The quantitative estimate of drug-likeness (QED) is 0.729. The minimum absolute atomic E-state index is 0.0983. The molecule has 17 heavy (non-hydrogen) atoms. The average molecular weight is 225 g/mol. The molecule has 1 rings (SSSR count). The highest BCUT2D eigenvalue weighted by Gasteiger charge is 2.59. The molecule has 0 aliphatic carbocycles. The van der Waals surface area contributed by atoms with Gasteiger partial charge in [-0.3, -0.25) is 4.99 Å². The minimum Gasteiger partial charge on any atom is -0.255 e. The molecule has 0 aromatic heterocycles. The highest BCUT2D eigenvalue weighted by atomic mass is 15.0. The Balaban J connectivity index is 3.19. The lowest BCUT2D eigenvalue weighted by Gasteiger charge is -2.19. The molecule has 0 bridgehead atoms. The molecule has 0 fully saturated rings. The molecule has 0 saturated heterocycles. The van der Waals surface area contributed by atoms with E-state index >= 15 is 0 Å². The Morgan fingerprint density at radius 2 is 1.71 bits per heavy atom. The van der Waals surface area contributed by atoms with Crippen molar-refractivity contribution in [1.29, 1.82) is 21.0 Å². The van der Waals surface area contributed by atoms with Crippen molar-refractivity contribution in [2.24, 2.45) is 10.4 Å². The first-order valence-corrected chi connectivity index (χ1v) is 5.36. The van der Waals surface area contributed by atoms with Crippen molar-refractivity contribution in [3.8, 4) is 24.3 Å². The normalized spacial score (nSPS) is 19.2. The zero-order valence-electron chi connectivity index (χ0n) is 9.56. The zero-order chi connectivity index (χ0) is 12.9. The van der Waals surface area contributed by atoms with Gasteiger partial charge in [0.05, 0.1) is 12.1 Å². The number of aliphatic imine (C=N–C) groups is 1. The molecule has 0 saturated carbocycles. The van der Waals surface area contributed by atoms with Crippen molar-refractivity contribution in [3.05, 3.63) is 0 Å². The second kappa shape index (κ2) is 4.65. The number of rotatable bonds is 3. The molecular weight excluding hydrogens is 214 g/mol. The van der Waals surface area contributed by atoms with Crippen LogP contribution in [0, 0.1) is 50.7 Å². The number of hydrogen-bond donors (Lipinski definition) is 0. The summed E-state index contributed by atoms with van der Waals surface area (Å²) >= 11 is 0. The molecule has 1 heterocycles. The van der Waals surface area contributed by atoms with E-state index in [0.717, 1.165) is 12.8 Å². The van der Waals surface area contributed by atoms with E-state index in [2.05, 4.69) is 4.99 Å². The first-order chi connectivity index (χ1) is 8.13. The summed E-state index contributed by atoms with van der Waals surface area (Å²) in [4.78, 5) is 4.04. The van der Waals surface area contributed by atoms with Crippen molar-refractivity contribution in [2.45, 2.75) is 38.1 Å². The molecule has 0 atom stereocenters. The molecule has 1 aliphatic heterocycles. The molecule has 84 valence electrons. The molecule has 0 aromatic carbocycles. The predicted molar refractivity (Wildman–Crippen MR) is 59.2 cm³/mol. The van der Waals surface area contributed by atoms with Gasteiger partial charge in [-0.1, -0.05) is 13.3 Å². The summed E-state index contributed by atoms with van der Waals surface area (Å²) in [6.07, 6.45) is 2.56. The maximum Gasteiger partial charge on any atom is 0.263 e. The summed E-state index contributed by atoms with van der Waals surface area (Å²) in [6.45, 7) is 2.01. The van der Waals surface area contributed by atoms with Gasteiger partial charge in [-0.15, -0.1) is 0 Å². The Labute approximate surface area is 100 Å². The fourth-order valence-corrected chi connectivity index (χ4v) is 1.86. The molecule has 0 spiro atoms. The number of hydrogen-bond acceptors (Lipinski definition) is 5. The van der Waals surface area contributed by atoms with E-state index in [1.165, 1.54) is 0 Å². The Hall–Kier alpha value is -2.37. The fraction of sp³-hybridized carbons (Fsp3) is 0.583. The first-order valence-electron chi connectivity index (χ1n) is 5.36. The standard InChI is InChI=1S/C12H11N5/c1-2-3-4-10-5-11(6-13,7-14)12(8-15,9-16)17-10/h2-5H2,1H3. The third-order valence-electron chi connectivity index (χ3n) is 2.94. The van der Waals surface area contributed by atoms with Crippen molar-refractivity contribution >= 4 is 5.71 Å². The molecule has 0 aromatic rings. The van der Waals surface area contributed by atoms with E-state index in [9.17, 15) is 0 Å². The molecule has 0 unspecified atom stereocenters. The summed E-state index contributed by atoms with van der Waals surface area (Å²) in [5, 5.41) is 36.4. The third-order valence-corrected chi connectivity index (χ3v) is 2.94. The molecule has 1 aliphatic rings. The Morgan fingerprint density at radius 1 is 1.12 bits per heavy atom. The van der Waals surface area contributed by atoms with E-state index in [4.69, 9.17) is 21.0 Å². The lowest BCUT2D eigenvalue weighted by molar-refractivity contribution is 0.445. The number of nitrogens with zero attached hydrogens (tertiary/aromatic N) is 5. The van der Waals surface area contributed by atoms with Crippen LogP contribution in [0.2, 0.25) is 0 Å². The van der Waals surface area contributed by atoms with Gasteiger partial charge in [0.2, 0.25) is 5.41 Å². The highest BCUT2D eigenvalue weighted by molar-refractivity contribution is 5.90. The largest absolute Gasteiger partial charge is 0.263 e. The summed E-state index contributed by atoms with van der Waals surface area (Å²) < 4.78 is 0. The first kappa shape index (κ1) is 12.7. The van der Waals surface area contributed by atoms with Gasteiger partial charge in [0, 0.05) is 12.1 Å². The lowest BCUT2D eigenvalue weighted by atomic mass is 9.72. The molecule has 5 nitrogen and oxygen atoms in total. The van der Waals surface area contributed by atoms with Gasteiger partial charge in [0.1, 0.15) is 12.1 Å². The molecule has 0 amide bonds. The molecule has 0 radical (unpaired) electrons. The predicted octanol–water partition coefficient (Wildman–Crippen LogP) is 1.84. The van der Waals surface area contributed by atoms with Crippen LogP contribution in [0.3, 0.4) is 0 Å². The fourth-order valence-electron chi connectivity index (χ4n) is 1.86. The van der Waals surface area contributed by atoms with Crippen LogP contribution >= 0.6 is 0 Å². The molecule has 5 heteroatoms. The van der Waals surface area contributed by atoms with Gasteiger partial charge in [-0.25, -0.2) is 0 Å². The Bertz CT molecular complexity index is 475. The molecular formula is C12H11N5. The van der Waals surface area contributed by atoms with E-state index < -0.39 is 11.0 Å². The minimum atomic E-state index is -1.86. The van der Waals surface area contributed by atoms with Crippen LogP contribution in [-0.4, -0.2) is 11.3 Å². The van der Waals surface area contributed by atoms with E-state index in [0.29, 0.717) is 12.1 Å². The van der Waals surface area contributed by atoms with Gasteiger partial charge in [0.25, 0.3) is 5.54 Å². The van der Waals surface area contributed by atoms with E-state index in [1.54, 1.807) is 24.3 Å². The summed E-state index contributed by atoms with van der Waals surface area (Å²) in [7, 11) is 0. The van der Waals surface area contributed by atoms with Crippen LogP contribution < -0.4 is 0 Å². The zero-order valence-corrected chi connectivity index (χ0v) is 9.56. The Morgan fingerprint density at radius 3 is 2.06 bits per heavy atom. The smallest absolute Gasteiger partial charge is 0.255 e. The van der Waals surface area contributed by atoms with Crippen LogP contribution in [0.25, 0.3) is 0 Å². The molecule has 0 N–H and O–H groups in total. The van der Waals surface area contributed by atoms with Crippen molar-refractivity contribution in [3.63, 3.8) is 0 Å². The second-order valence-corrected chi connectivity index (χ2v) is 4.02. The van der Waals surface area contributed by atoms with E-state index in [-0.39, 0.29) is 6.42 Å². The van der Waals surface area contributed by atoms with Gasteiger partial charge < -0.3 is 0 Å². The lowest BCUT2D eigenvalue weighted by Crippen LogP contribution is -2.39. The van der Waals surface area contributed by atoms with E-state index in [1.807, 2.05) is 6.92 Å². The van der Waals surface area contributed by atoms with Crippen LogP contribution in [0.5, 0.6) is 0 Å². The van der Waals surface area contributed by atoms with Crippen LogP contribution in [0.4, 0.5) is 0 Å². The average Bonchev–Trinajstić information content (AvgIpc) is 2.71. The maximum atomic E-state index is 9.11.